The number of hydrogen-bond donors (Lipinski definition) is 0. The first-order valence-corrected chi connectivity index (χ1v) is 8.79. The molecule has 0 N–H and O–H groups in total. The van der Waals surface area contributed by atoms with Crippen LogP contribution in [-0.4, -0.2) is 0 Å². The highest BCUT2D eigenvalue weighted by molar-refractivity contribution is 5.34. The summed E-state index contributed by atoms with van der Waals surface area (Å²) >= 11 is 0. The Balaban J connectivity index is 1.25. The fourth-order valence-electron chi connectivity index (χ4n) is 4.56. The van der Waals surface area contributed by atoms with Gasteiger partial charge in [-0.15, -0.1) is 0 Å². The SMILES string of the molecule is CCCCCCCCCCC1=CC2C3C=CC(C3)C12. The zero-order chi connectivity index (χ0) is 13.1. The molecule has 0 radical (unpaired) electrons. The van der Waals surface area contributed by atoms with E-state index in [1.54, 1.807) is 0 Å². The summed E-state index contributed by atoms with van der Waals surface area (Å²) in [4.78, 5) is 0. The smallest absolute Gasteiger partial charge is 0.00712 e. The van der Waals surface area contributed by atoms with Gasteiger partial charge in [0.25, 0.3) is 0 Å². The monoisotopic (exact) mass is 258 g/mol. The Morgan fingerprint density at radius 1 is 0.895 bits per heavy atom. The van der Waals surface area contributed by atoms with Crippen LogP contribution in [0, 0.1) is 23.7 Å². The molecule has 4 unspecified atom stereocenters. The molecule has 0 heterocycles. The topological polar surface area (TPSA) is 0 Å². The van der Waals surface area contributed by atoms with Gasteiger partial charge in [0, 0.05) is 0 Å². The summed E-state index contributed by atoms with van der Waals surface area (Å²) in [6.07, 6.45) is 22.1. The van der Waals surface area contributed by atoms with Crippen LogP contribution in [0.1, 0.15) is 71.1 Å². The fourth-order valence-corrected chi connectivity index (χ4v) is 4.56. The second-order valence-corrected chi connectivity index (χ2v) is 7.02. The van der Waals surface area contributed by atoms with Crippen LogP contribution >= 0.6 is 0 Å². The Hall–Kier alpha value is -0.520. The maximum Gasteiger partial charge on any atom is -0.00712 e. The highest BCUT2D eigenvalue weighted by atomic mass is 14.5. The molecule has 0 saturated heterocycles. The Bertz CT molecular complexity index is 349. The van der Waals surface area contributed by atoms with Crippen molar-refractivity contribution in [1.29, 1.82) is 0 Å². The summed E-state index contributed by atoms with van der Waals surface area (Å²) in [6.45, 7) is 2.30. The van der Waals surface area contributed by atoms with Crippen molar-refractivity contribution in [3.63, 3.8) is 0 Å². The molecule has 0 aromatic heterocycles. The zero-order valence-corrected chi connectivity index (χ0v) is 12.6. The van der Waals surface area contributed by atoms with E-state index in [0.717, 1.165) is 23.7 Å². The third kappa shape index (κ3) is 2.83. The molecule has 0 nitrogen and oxygen atoms in total. The van der Waals surface area contributed by atoms with Crippen molar-refractivity contribution in [1.82, 2.24) is 0 Å². The molecular weight excluding hydrogens is 228 g/mol. The van der Waals surface area contributed by atoms with E-state index < -0.39 is 0 Å². The van der Waals surface area contributed by atoms with Gasteiger partial charge >= 0.3 is 0 Å². The van der Waals surface area contributed by atoms with Gasteiger partial charge in [0.05, 0.1) is 0 Å². The van der Waals surface area contributed by atoms with Gasteiger partial charge in [0.1, 0.15) is 0 Å². The highest BCUT2D eigenvalue weighted by Crippen LogP contribution is 2.58. The molecule has 0 spiro atoms. The van der Waals surface area contributed by atoms with Crippen molar-refractivity contribution < 1.29 is 0 Å². The summed E-state index contributed by atoms with van der Waals surface area (Å²) < 4.78 is 0. The molecule has 0 aromatic carbocycles. The van der Waals surface area contributed by atoms with Crippen LogP contribution in [0.3, 0.4) is 0 Å². The number of hydrogen-bond acceptors (Lipinski definition) is 0. The summed E-state index contributed by atoms with van der Waals surface area (Å²) in [7, 11) is 0. The molecule has 3 rings (SSSR count). The second kappa shape index (κ2) is 6.29. The Morgan fingerprint density at radius 3 is 2.32 bits per heavy atom. The Labute approximate surface area is 119 Å². The molecule has 19 heavy (non-hydrogen) atoms. The van der Waals surface area contributed by atoms with Crippen molar-refractivity contribution in [2.24, 2.45) is 23.7 Å². The number of unbranched alkanes of at least 4 members (excludes halogenated alkanes) is 7. The largest absolute Gasteiger partial charge is 0.0845 e. The van der Waals surface area contributed by atoms with Crippen molar-refractivity contribution in [3.05, 3.63) is 23.8 Å². The first kappa shape index (κ1) is 13.5. The minimum Gasteiger partial charge on any atom is -0.0845 e. The lowest BCUT2D eigenvalue weighted by atomic mass is 9.67. The molecule has 0 heteroatoms. The van der Waals surface area contributed by atoms with Crippen molar-refractivity contribution >= 4 is 0 Å². The van der Waals surface area contributed by atoms with Gasteiger partial charge in [-0.1, -0.05) is 75.7 Å². The number of rotatable bonds is 9. The molecule has 3 aliphatic rings. The first-order valence-electron chi connectivity index (χ1n) is 8.79. The summed E-state index contributed by atoms with van der Waals surface area (Å²) in [5.74, 6) is 3.81. The van der Waals surface area contributed by atoms with E-state index >= 15 is 0 Å². The molecule has 0 aliphatic heterocycles. The van der Waals surface area contributed by atoms with Crippen LogP contribution < -0.4 is 0 Å². The third-order valence-corrected chi connectivity index (χ3v) is 5.67. The maximum atomic E-state index is 2.63. The minimum absolute atomic E-state index is 0.928. The molecule has 106 valence electrons. The molecule has 1 fully saturated rings. The lowest BCUT2D eigenvalue weighted by Gasteiger charge is -2.37. The van der Waals surface area contributed by atoms with Crippen molar-refractivity contribution in [2.75, 3.05) is 0 Å². The van der Waals surface area contributed by atoms with Crippen LogP contribution in [0.2, 0.25) is 0 Å². The molecule has 3 aliphatic carbocycles. The van der Waals surface area contributed by atoms with Gasteiger partial charge in [-0.2, -0.15) is 0 Å². The number of allylic oxidation sites excluding steroid dienone is 4. The summed E-state index contributed by atoms with van der Waals surface area (Å²) in [6, 6.07) is 0. The highest BCUT2D eigenvalue weighted by Gasteiger charge is 2.49. The molecule has 4 atom stereocenters. The van der Waals surface area contributed by atoms with Gasteiger partial charge in [0.15, 0.2) is 0 Å². The van der Waals surface area contributed by atoms with Crippen LogP contribution in [0.5, 0.6) is 0 Å². The Kier molecular flexibility index (Phi) is 4.45. The average Bonchev–Trinajstić information content (AvgIpc) is 2.93. The van der Waals surface area contributed by atoms with E-state index in [-0.39, 0.29) is 0 Å². The van der Waals surface area contributed by atoms with E-state index in [4.69, 9.17) is 0 Å². The molecule has 0 amide bonds. The predicted octanol–water partition coefficient (Wildman–Crippen LogP) is 5.90. The number of fused-ring (bicyclic) bond motifs is 5. The van der Waals surface area contributed by atoms with Gasteiger partial charge in [0.2, 0.25) is 0 Å². The summed E-state index contributed by atoms with van der Waals surface area (Å²) in [5.41, 5.74) is 1.83. The quantitative estimate of drug-likeness (QED) is 0.357. The van der Waals surface area contributed by atoms with Gasteiger partial charge in [-0.3, -0.25) is 0 Å². The molecular formula is C19H30. The fraction of sp³-hybridized carbons (Fsp3) is 0.789. The maximum absolute atomic E-state index is 2.63. The Morgan fingerprint density at radius 2 is 1.58 bits per heavy atom. The average molecular weight is 258 g/mol. The second-order valence-electron chi connectivity index (χ2n) is 7.02. The van der Waals surface area contributed by atoms with Gasteiger partial charge < -0.3 is 0 Å². The molecule has 0 aromatic rings. The predicted molar refractivity (Wildman–Crippen MR) is 83.0 cm³/mol. The van der Waals surface area contributed by atoms with Crippen LogP contribution in [0.25, 0.3) is 0 Å². The van der Waals surface area contributed by atoms with E-state index in [1.807, 2.05) is 5.57 Å². The van der Waals surface area contributed by atoms with Gasteiger partial charge in [-0.25, -0.2) is 0 Å². The lowest BCUT2D eigenvalue weighted by Crippen LogP contribution is -2.28. The van der Waals surface area contributed by atoms with Crippen molar-refractivity contribution in [2.45, 2.75) is 71.1 Å². The lowest BCUT2D eigenvalue weighted by molar-refractivity contribution is 0.354. The minimum atomic E-state index is 0.928. The first-order chi connectivity index (χ1) is 9.40. The van der Waals surface area contributed by atoms with Gasteiger partial charge in [-0.05, 0) is 42.9 Å². The van der Waals surface area contributed by atoms with E-state index in [2.05, 4.69) is 25.2 Å². The van der Waals surface area contributed by atoms with Crippen LogP contribution in [-0.2, 0) is 0 Å². The van der Waals surface area contributed by atoms with E-state index in [0.29, 0.717) is 0 Å². The third-order valence-electron chi connectivity index (χ3n) is 5.67. The zero-order valence-electron chi connectivity index (χ0n) is 12.6. The van der Waals surface area contributed by atoms with Crippen LogP contribution in [0.15, 0.2) is 23.8 Å². The van der Waals surface area contributed by atoms with Crippen LogP contribution in [0.4, 0.5) is 0 Å². The summed E-state index contributed by atoms with van der Waals surface area (Å²) in [5, 5.41) is 0. The van der Waals surface area contributed by atoms with Crippen molar-refractivity contribution in [3.8, 4) is 0 Å². The molecule has 2 bridgehead atoms. The van der Waals surface area contributed by atoms with E-state index in [9.17, 15) is 0 Å². The van der Waals surface area contributed by atoms with E-state index in [1.165, 1.54) is 64.2 Å². The molecule has 1 saturated carbocycles. The normalized spacial score (nSPS) is 34.3. The standard InChI is InChI=1S/C19H30/c1-2-3-4-5-6-7-8-9-10-16-14-18-15-11-12-17(13-15)19(16)18/h11-12,14-15,17-19H,2-10,13H2,1H3.